The van der Waals surface area contributed by atoms with Crippen molar-refractivity contribution < 1.29 is 44.5 Å². The maximum absolute atomic E-state index is 11.9. The minimum absolute atomic E-state index is 0.0731. The van der Waals surface area contributed by atoms with E-state index in [-0.39, 0.29) is 29.8 Å². The van der Waals surface area contributed by atoms with E-state index in [0.29, 0.717) is 31.4 Å². The summed E-state index contributed by atoms with van der Waals surface area (Å²) in [4.78, 5) is 11.9. The molecule has 4 aliphatic rings. The van der Waals surface area contributed by atoms with Gasteiger partial charge in [0.2, 0.25) is 0 Å². The van der Waals surface area contributed by atoms with Crippen molar-refractivity contribution in [2.75, 3.05) is 19.8 Å². The minimum atomic E-state index is -1.52. The lowest BCUT2D eigenvalue weighted by Crippen LogP contribution is -2.61. The fraction of sp³-hybridized carbons (Fsp3) is 0.808. The highest BCUT2D eigenvalue weighted by Gasteiger charge is 2.58. The van der Waals surface area contributed by atoms with Gasteiger partial charge in [0.15, 0.2) is 6.29 Å². The van der Waals surface area contributed by atoms with Crippen molar-refractivity contribution in [2.24, 2.45) is 22.7 Å². The molecule has 0 aromatic rings. The minimum Gasteiger partial charge on any atom is -0.462 e. The SMILES string of the molecule is C=C1CCC2C(C)(COC3OC(CO)C(O)C(O)C3O)C(O)CCC2(C)C1CC=C1CCOC1=O. The van der Waals surface area contributed by atoms with Gasteiger partial charge in [-0.3, -0.25) is 0 Å². The number of fused-ring (bicyclic) bond motifs is 1. The molecule has 2 saturated heterocycles. The van der Waals surface area contributed by atoms with E-state index in [1.54, 1.807) is 0 Å². The number of hydrogen-bond donors (Lipinski definition) is 5. The first-order valence-electron chi connectivity index (χ1n) is 12.7. The molecule has 0 amide bonds. The first-order valence-corrected chi connectivity index (χ1v) is 12.7. The highest BCUT2D eigenvalue weighted by molar-refractivity contribution is 5.90. The van der Waals surface area contributed by atoms with Crippen molar-refractivity contribution in [2.45, 2.75) is 89.2 Å². The van der Waals surface area contributed by atoms with Crippen LogP contribution in [0.1, 0.15) is 52.4 Å². The molecule has 0 bridgehead atoms. The summed E-state index contributed by atoms with van der Waals surface area (Å²) in [6.45, 7) is 8.55. The van der Waals surface area contributed by atoms with Crippen LogP contribution in [0.5, 0.6) is 0 Å². The molecule has 9 nitrogen and oxygen atoms in total. The summed E-state index contributed by atoms with van der Waals surface area (Å²) in [6.07, 6.45) is -1.06. The normalized spacial score (nSPS) is 47.6. The predicted octanol–water partition coefficient (Wildman–Crippen LogP) is 0.816. The van der Waals surface area contributed by atoms with Gasteiger partial charge in [-0.25, -0.2) is 4.79 Å². The summed E-state index contributed by atoms with van der Waals surface area (Å²) < 4.78 is 16.6. The van der Waals surface area contributed by atoms with Crippen molar-refractivity contribution in [3.63, 3.8) is 0 Å². The molecular weight excluding hydrogens is 456 g/mol. The van der Waals surface area contributed by atoms with E-state index in [0.717, 1.165) is 24.8 Å². The molecule has 5 N–H and O–H groups in total. The Morgan fingerprint density at radius 2 is 1.86 bits per heavy atom. The number of hydrogen-bond acceptors (Lipinski definition) is 9. The maximum atomic E-state index is 11.9. The zero-order chi connectivity index (χ0) is 25.5. The molecule has 0 aromatic carbocycles. The molecule has 0 spiro atoms. The third-order valence-corrected chi connectivity index (χ3v) is 9.23. The van der Waals surface area contributed by atoms with Gasteiger partial charge in [-0.15, -0.1) is 0 Å². The van der Waals surface area contributed by atoms with Crippen LogP contribution >= 0.6 is 0 Å². The molecule has 4 fully saturated rings. The summed E-state index contributed by atoms with van der Waals surface area (Å²) in [5, 5.41) is 51.2. The van der Waals surface area contributed by atoms with Crippen LogP contribution in [0.4, 0.5) is 0 Å². The summed E-state index contributed by atoms with van der Waals surface area (Å²) in [5.41, 5.74) is 1.03. The second kappa shape index (κ2) is 10.2. The fourth-order valence-electron chi connectivity index (χ4n) is 6.98. The van der Waals surface area contributed by atoms with E-state index in [4.69, 9.17) is 14.2 Å². The van der Waals surface area contributed by atoms with E-state index in [1.807, 2.05) is 13.0 Å². The van der Waals surface area contributed by atoms with Gasteiger partial charge in [-0.05, 0) is 49.4 Å². The zero-order valence-corrected chi connectivity index (χ0v) is 20.6. The Balaban J connectivity index is 1.53. The Labute approximate surface area is 206 Å². The number of cyclic esters (lactones) is 1. The quantitative estimate of drug-likeness (QED) is 0.205. The first kappa shape index (κ1) is 26.7. The third-order valence-electron chi connectivity index (χ3n) is 9.23. The van der Waals surface area contributed by atoms with Crippen LogP contribution in [0.3, 0.4) is 0 Å². The van der Waals surface area contributed by atoms with Crippen LogP contribution < -0.4 is 0 Å². The van der Waals surface area contributed by atoms with Crippen LogP contribution in [-0.4, -0.2) is 88.1 Å². The summed E-state index contributed by atoms with van der Waals surface area (Å²) in [7, 11) is 0. The van der Waals surface area contributed by atoms with E-state index in [9.17, 15) is 30.3 Å². The largest absolute Gasteiger partial charge is 0.462 e. The van der Waals surface area contributed by atoms with Gasteiger partial charge in [-0.1, -0.05) is 32.1 Å². The number of rotatable bonds is 6. The molecule has 2 aliphatic heterocycles. The average molecular weight is 497 g/mol. The highest BCUT2D eigenvalue weighted by Crippen LogP contribution is 2.62. The van der Waals surface area contributed by atoms with Crippen molar-refractivity contribution in [3.05, 3.63) is 23.8 Å². The molecule has 2 heterocycles. The molecule has 2 saturated carbocycles. The molecule has 2 aliphatic carbocycles. The number of esters is 1. The maximum Gasteiger partial charge on any atom is 0.333 e. The molecule has 4 rings (SSSR count). The number of aliphatic hydroxyl groups is 5. The Kier molecular flexibility index (Phi) is 7.79. The van der Waals surface area contributed by atoms with Crippen LogP contribution in [0, 0.1) is 22.7 Å². The van der Waals surface area contributed by atoms with Gasteiger partial charge in [0.1, 0.15) is 24.4 Å². The van der Waals surface area contributed by atoms with Crippen LogP contribution in [-0.2, 0) is 19.0 Å². The van der Waals surface area contributed by atoms with Crippen LogP contribution in [0.25, 0.3) is 0 Å². The number of aliphatic hydroxyl groups excluding tert-OH is 5. The molecule has 9 heteroatoms. The second-order valence-electron chi connectivity index (χ2n) is 11.2. The van der Waals surface area contributed by atoms with Crippen molar-refractivity contribution in [1.82, 2.24) is 0 Å². The van der Waals surface area contributed by atoms with Gasteiger partial charge in [0.05, 0.1) is 25.9 Å². The summed E-state index contributed by atoms with van der Waals surface area (Å²) >= 11 is 0. The Bertz CT molecular complexity index is 841. The molecule has 0 radical (unpaired) electrons. The molecule has 0 aromatic heterocycles. The Morgan fingerprint density at radius 3 is 2.51 bits per heavy atom. The van der Waals surface area contributed by atoms with Crippen molar-refractivity contribution >= 4 is 5.97 Å². The van der Waals surface area contributed by atoms with Gasteiger partial charge in [0, 0.05) is 17.4 Å². The first-order chi connectivity index (χ1) is 16.5. The van der Waals surface area contributed by atoms with Gasteiger partial charge >= 0.3 is 5.97 Å². The smallest absolute Gasteiger partial charge is 0.333 e. The number of allylic oxidation sites excluding steroid dienone is 2. The van der Waals surface area contributed by atoms with Crippen LogP contribution in [0.2, 0.25) is 0 Å². The predicted molar refractivity (Wildman–Crippen MR) is 125 cm³/mol. The number of carbonyl (C=O) groups excluding carboxylic acids is 1. The topological polar surface area (TPSA) is 146 Å². The summed E-state index contributed by atoms with van der Waals surface area (Å²) in [6, 6.07) is 0. The van der Waals surface area contributed by atoms with Gasteiger partial charge < -0.3 is 39.7 Å². The van der Waals surface area contributed by atoms with E-state index >= 15 is 0 Å². The standard InChI is InChI=1S/C26H40O9/c1-14-4-7-18-25(2,16(14)6-5-15-9-11-33-23(15)32)10-8-19(28)26(18,3)13-34-24-22(31)21(30)20(29)17(12-27)35-24/h5,16-22,24,27-31H,1,4,6-13H2,2-3H3. The lowest BCUT2D eigenvalue weighted by Gasteiger charge is -2.60. The van der Waals surface area contributed by atoms with Crippen molar-refractivity contribution in [1.29, 1.82) is 0 Å². The lowest BCUT2D eigenvalue weighted by molar-refractivity contribution is -0.313. The van der Waals surface area contributed by atoms with E-state index in [2.05, 4.69) is 13.5 Å². The number of carbonyl (C=O) groups is 1. The van der Waals surface area contributed by atoms with Gasteiger partial charge in [-0.2, -0.15) is 0 Å². The molecule has 10 unspecified atom stereocenters. The monoisotopic (exact) mass is 496 g/mol. The van der Waals surface area contributed by atoms with Crippen molar-refractivity contribution in [3.8, 4) is 0 Å². The summed E-state index contributed by atoms with van der Waals surface area (Å²) in [5.74, 6) is -0.0285. The Hall–Kier alpha value is -1.33. The third kappa shape index (κ3) is 4.72. The second-order valence-corrected chi connectivity index (χ2v) is 11.2. The van der Waals surface area contributed by atoms with E-state index in [1.165, 1.54) is 0 Å². The number of ether oxygens (including phenoxy) is 3. The Morgan fingerprint density at radius 1 is 1.11 bits per heavy atom. The zero-order valence-electron chi connectivity index (χ0n) is 20.6. The average Bonchev–Trinajstić information content (AvgIpc) is 3.24. The van der Waals surface area contributed by atoms with E-state index < -0.39 is 48.8 Å². The van der Waals surface area contributed by atoms with Gasteiger partial charge in [0.25, 0.3) is 0 Å². The molecular formula is C26H40O9. The lowest BCUT2D eigenvalue weighted by atomic mass is 9.46. The molecule has 198 valence electrons. The molecule has 10 atom stereocenters. The molecule has 35 heavy (non-hydrogen) atoms. The fourth-order valence-corrected chi connectivity index (χ4v) is 6.98. The highest BCUT2D eigenvalue weighted by atomic mass is 16.7. The van der Waals surface area contributed by atoms with Crippen LogP contribution in [0.15, 0.2) is 23.8 Å².